The summed E-state index contributed by atoms with van der Waals surface area (Å²) < 4.78 is 0. The molecule has 2 N–H and O–H groups in total. The van der Waals surface area contributed by atoms with Gasteiger partial charge in [0.15, 0.2) is 0 Å². The zero-order valence-electron chi connectivity index (χ0n) is 7.79. The minimum Gasteiger partial charge on any atom is -0.325 e. The van der Waals surface area contributed by atoms with Crippen molar-refractivity contribution in [2.75, 3.05) is 0 Å². The zero-order chi connectivity index (χ0) is 8.89. The van der Waals surface area contributed by atoms with Crippen molar-refractivity contribution in [3.63, 3.8) is 0 Å². The minimum absolute atomic E-state index is 0.207. The lowest BCUT2D eigenvalue weighted by Crippen LogP contribution is -2.32. The SMILES string of the molecule is NC1(C2Cc3ccccc3C2)CC1. The fourth-order valence-corrected chi connectivity index (χ4v) is 2.52. The molecule has 13 heavy (non-hydrogen) atoms. The first-order chi connectivity index (χ1) is 6.28. The maximum absolute atomic E-state index is 6.23. The molecule has 0 aliphatic heterocycles. The molecule has 0 atom stereocenters. The highest BCUT2D eigenvalue weighted by atomic mass is 14.8. The first-order valence-electron chi connectivity index (χ1n) is 5.14. The standard InChI is InChI=1S/C12H15N/c13-12(5-6-12)11-7-9-3-1-2-4-10(9)8-11/h1-4,11H,5-8,13H2. The zero-order valence-corrected chi connectivity index (χ0v) is 7.79. The van der Waals surface area contributed by atoms with Crippen molar-refractivity contribution in [3.05, 3.63) is 35.4 Å². The van der Waals surface area contributed by atoms with E-state index >= 15 is 0 Å². The fraction of sp³-hybridized carbons (Fsp3) is 0.500. The second-order valence-electron chi connectivity index (χ2n) is 4.61. The van der Waals surface area contributed by atoms with Gasteiger partial charge in [-0.2, -0.15) is 0 Å². The molecule has 1 heteroatoms. The molecule has 1 aromatic rings. The van der Waals surface area contributed by atoms with Crippen LogP contribution in [0.2, 0.25) is 0 Å². The third kappa shape index (κ3) is 1.11. The topological polar surface area (TPSA) is 26.0 Å². The van der Waals surface area contributed by atoms with Gasteiger partial charge in [0.2, 0.25) is 0 Å². The van der Waals surface area contributed by atoms with Crippen molar-refractivity contribution in [2.45, 2.75) is 31.2 Å². The van der Waals surface area contributed by atoms with Crippen LogP contribution < -0.4 is 5.73 Å². The minimum atomic E-state index is 0.207. The van der Waals surface area contributed by atoms with Crippen LogP contribution in [0.15, 0.2) is 24.3 Å². The molecule has 1 saturated carbocycles. The number of hydrogen-bond donors (Lipinski definition) is 1. The Hall–Kier alpha value is -0.820. The predicted octanol–water partition coefficient (Wildman–Crippen LogP) is 1.89. The van der Waals surface area contributed by atoms with Gasteiger partial charge in [0, 0.05) is 5.54 Å². The van der Waals surface area contributed by atoms with Crippen molar-refractivity contribution >= 4 is 0 Å². The molecule has 0 saturated heterocycles. The summed E-state index contributed by atoms with van der Waals surface area (Å²) in [4.78, 5) is 0. The van der Waals surface area contributed by atoms with Crippen LogP contribution >= 0.6 is 0 Å². The Kier molecular flexibility index (Phi) is 1.37. The summed E-state index contributed by atoms with van der Waals surface area (Å²) in [6.07, 6.45) is 4.91. The van der Waals surface area contributed by atoms with Crippen LogP contribution in [0.5, 0.6) is 0 Å². The molecule has 2 aliphatic rings. The monoisotopic (exact) mass is 173 g/mol. The molecule has 0 bridgehead atoms. The molecule has 0 heterocycles. The Morgan fingerprint density at radius 1 is 1.08 bits per heavy atom. The molecule has 1 nitrogen and oxygen atoms in total. The van der Waals surface area contributed by atoms with E-state index in [-0.39, 0.29) is 5.54 Å². The lowest BCUT2D eigenvalue weighted by Gasteiger charge is -2.16. The summed E-state index contributed by atoms with van der Waals surface area (Å²) in [7, 11) is 0. The number of nitrogens with two attached hydrogens (primary N) is 1. The highest BCUT2D eigenvalue weighted by Crippen LogP contribution is 2.45. The molecule has 1 fully saturated rings. The van der Waals surface area contributed by atoms with E-state index in [4.69, 9.17) is 5.73 Å². The first kappa shape index (κ1) is 7.57. The maximum atomic E-state index is 6.23. The highest BCUT2D eigenvalue weighted by molar-refractivity contribution is 5.34. The molecular formula is C12H15N. The van der Waals surface area contributed by atoms with Gasteiger partial charge >= 0.3 is 0 Å². The summed E-state index contributed by atoms with van der Waals surface area (Å²) in [5.74, 6) is 0.727. The number of rotatable bonds is 1. The summed E-state index contributed by atoms with van der Waals surface area (Å²) in [6, 6.07) is 8.77. The van der Waals surface area contributed by atoms with E-state index in [9.17, 15) is 0 Å². The summed E-state index contributed by atoms with van der Waals surface area (Å²) in [5, 5.41) is 0. The highest BCUT2D eigenvalue weighted by Gasteiger charge is 2.47. The van der Waals surface area contributed by atoms with Crippen LogP contribution in [0, 0.1) is 5.92 Å². The van der Waals surface area contributed by atoms with E-state index in [1.165, 1.54) is 36.8 Å². The van der Waals surface area contributed by atoms with Gasteiger partial charge in [-0.15, -0.1) is 0 Å². The van der Waals surface area contributed by atoms with Gasteiger partial charge in [-0.3, -0.25) is 0 Å². The van der Waals surface area contributed by atoms with Crippen LogP contribution in [0.1, 0.15) is 24.0 Å². The Labute approximate surface area is 78.9 Å². The lowest BCUT2D eigenvalue weighted by molar-refractivity contribution is 0.423. The van der Waals surface area contributed by atoms with Crippen LogP contribution in [0.3, 0.4) is 0 Å². The quantitative estimate of drug-likeness (QED) is 0.689. The molecule has 0 amide bonds. The molecule has 68 valence electrons. The van der Waals surface area contributed by atoms with Gasteiger partial charge < -0.3 is 5.73 Å². The Bertz CT molecular complexity index is 314. The average molecular weight is 173 g/mol. The Morgan fingerprint density at radius 2 is 1.62 bits per heavy atom. The average Bonchev–Trinajstić information content (AvgIpc) is 2.76. The largest absolute Gasteiger partial charge is 0.325 e. The lowest BCUT2D eigenvalue weighted by atomic mass is 9.95. The third-order valence-electron chi connectivity index (χ3n) is 3.69. The normalized spacial score (nSPS) is 24.4. The van der Waals surface area contributed by atoms with Gasteiger partial charge in [-0.25, -0.2) is 0 Å². The number of benzene rings is 1. The summed E-state index contributed by atoms with van der Waals surface area (Å²) >= 11 is 0. The molecule has 0 unspecified atom stereocenters. The van der Waals surface area contributed by atoms with Gasteiger partial charge in [-0.1, -0.05) is 24.3 Å². The Balaban J connectivity index is 1.89. The van der Waals surface area contributed by atoms with Crippen LogP contribution in [0.25, 0.3) is 0 Å². The third-order valence-corrected chi connectivity index (χ3v) is 3.69. The summed E-state index contributed by atoms with van der Waals surface area (Å²) in [5.41, 5.74) is 9.50. The van der Waals surface area contributed by atoms with E-state index in [0.717, 1.165) is 5.92 Å². The smallest absolute Gasteiger partial charge is 0.0190 e. The predicted molar refractivity (Wildman–Crippen MR) is 53.5 cm³/mol. The molecule has 0 radical (unpaired) electrons. The van der Waals surface area contributed by atoms with E-state index in [1.54, 1.807) is 0 Å². The van der Waals surface area contributed by atoms with Crippen molar-refractivity contribution in [2.24, 2.45) is 11.7 Å². The van der Waals surface area contributed by atoms with Crippen LogP contribution in [-0.2, 0) is 12.8 Å². The molecular weight excluding hydrogens is 158 g/mol. The van der Waals surface area contributed by atoms with Crippen molar-refractivity contribution in [1.29, 1.82) is 0 Å². The first-order valence-corrected chi connectivity index (χ1v) is 5.14. The molecule has 2 aliphatic carbocycles. The van der Waals surface area contributed by atoms with Crippen LogP contribution in [0.4, 0.5) is 0 Å². The number of fused-ring (bicyclic) bond motifs is 1. The number of hydrogen-bond acceptors (Lipinski definition) is 1. The van der Waals surface area contributed by atoms with Crippen molar-refractivity contribution < 1.29 is 0 Å². The van der Waals surface area contributed by atoms with Crippen molar-refractivity contribution in [3.8, 4) is 0 Å². The van der Waals surface area contributed by atoms with E-state index < -0.39 is 0 Å². The maximum Gasteiger partial charge on any atom is 0.0190 e. The van der Waals surface area contributed by atoms with Crippen LogP contribution in [-0.4, -0.2) is 5.54 Å². The van der Waals surface area contributed by atoms with E-state index in [2.05, 4.69) is 24.3 Å². The molecule has 0 aromatic heterocycles. The molecule has 1 aromatic carbocycles. The van der Waals surface area contributed by atoms with Gasteiger partial charge in [-0.05, 0) is 42.7 Å². The summed E-state index contributed by atoms with van der Waals surface area (Å²) in [6.45, 7) is 0. The van der Waals surface area contributed by atoms with Gasteiger partial charge in [0.1, 0.15) is 0 Å². The second-order valence-corrected chi connectivity index (χ2v) is 4.61. The van der Waals surface area contributed by atoms with Gasteiger partial charge in [0.05, 0.1) is 0 Å². The molecule has 0 spiro atoms. The van der Waals surface area contributed by atoms with Crippen molar-refractivity contribution in [1.82, 2.24) is 0 Å². The second kappa shape index (κ2) is 2.36. The van der Waals surface area contributed by atoms with E-state index in [0.29, 0.717) is 0 Å². The van der Waals surface area contributed by atoms with Gasteiger partial charge in [0.25, 0.3) is 0 Å². The molecule has 3 rings (SSSR count). The Morgan fingerprint density at radius 3 is 2.08 bits per heavy atom. The van der Waals surface area contributed by atoms with E-state index in [1.807, 2.05) is 0 Å². The fourth-order valence-electron chi connectivity index (χ4n) is 2.52.